The monoisotopic (exact) mass is 481 g/mol. The quantitative estimate of drug-likeness (QED) is 0.501. The first-order valence-corrected chi connectivity index (χ1v) is 11.9. The second-order valence-electron chi connectivity index (χ2n) is 9.17. The van der Waals surface area contributed by atoms with Crippen molar-refractivity contribution in [3.05, 3.63) is 74.5 Å². The average molecular weight is 482 g/mol. The van der Waals surface area contributed by atoms with Crippen LogP contribution in [0, 0.1) is 12.3 Å². The van der Waals surface area contributed by atoms with Crippen LogP contribution >= 0.6 is 23.2 Å². The molecule has 0 atom stereocenters. The third-order valence-electron chi connectivity index (χ3n) is 7.10. The number of hydrogen-bond acceptors (Lipinski definition) is 5. The standard InChI is InChI=1S/C26H25Cl2N3O2/c1-16-24(20-3-2-4-21(27)23(20)28)30-22(15-33)25(29-16)31-9-7-26(8-10-31)12-18-6-5-17(14-32)11-19(18)13-26/h2-6,11,14,33H,7-10,12-13,15H2,1H3. The van der Waals surface area contributed by atoms with Crippen LogP contribution in [-0.4, -0.2) is 34.5 Å². The van der Waals surface area contributed by atoms with Crippen molar-refractivity contribution in [2.75, 3.05) is 18.0 Å². The third kappa shape index (κ3) is 4.03. The number of piperidine rings is 1. The Morgan fingerprint density at radius 3 is 2.58 bits per heavy atom. The van der Waals surface area contributed by atoms with E-state index < -0.39 is 0 Å². The summed E-state index contributed by atoms with van der Waals surface area (Å²) in [5.41, 5.74) is 6.31. The van der Waals surface area contributed by atoms with Crippen molar-refractivity contribution in [2.45, 2.75) is 39.2 Å². The number of aromatic nitrogens is 2. The Kier molecular flexibility index (Phi) is 5.89. The summed E-state index contributed by atoms with van der Waals surface area (Å²) in [5.74, 6) is 0.741. The zero-order valence-electron chi connectivity index (χ0n) is 18.4. The lowest BCUT2D eigenvalue weighted by Crippen LogP contribution is -2.41. The molecular formula is C26H25Cl2N3O2. The Bertz CT molecular complexity index is 1240. The lowest BCUT2D eigenvalue weighted by molar-refractivity contribution is 0.112. The number of benzene rings is 2. The zero-order valence-corrected chi connectivity index (χ0v) is 20.0. The molecule has 5 rings (SSSR count). The molecule has 1 aliphatic heterocycles. The van der Waals surface area contributed by atoms with Crippen LogP contribution < -0.4 is 4.90 Å². The van der Waals surface area contributed by atoms with Gasteiger partial charge in [-0.05, 0) is 61.3 Å². The van der Waals surface area contributed by atoms with Crippen molar-refractivity contribution in [1.29, 1.82) is 0 Å². The fourth-order valence-electron chi connectivity index (χ4n) is 5.32. The van der Waals surface area contributed by atoms with Crippen molar-refractivity contribution in [3.63, 3.8) is 0 Å². The van der Waals surface area contributed by atoms with Gasteiger partial charge in [0.05, 0.1) is 28.0 Å². The molecule has 0 amide bonds. The molecule has 1 spiro atoms. The van der Waals surface area contributed by atoms with Crippen LogP contribution in [0.25, 0.3) is 11.3 Å². The first kappa shape index (κ1) is 22.3. The van der Waals surface area contributed by atoms with E-state index in [9.17, 15) is 9.90 Å². The number of rotatable bonds is 4. The van der Waals surface area contributed by atoms with Crippen molar-refractivity contribution in [3.8, 4) is 11.3 Å². The molecule has 1 aromatic heterocycles. The smallest absolute Gasteiger partial charge is 0.153 e. The largest absolute Gasteiger partial charge is 0.390 e. The summed E-state index contributed by atoms with van der Waals surface area (Å²) < 4.78 is 0. The summed E-state index contributed by atoms with van der Waals surface area (Å²) in [5, 5.41) is 11.0. The van der Waals surface area contributed by atoms with Crippen LogP contribution in [0.1, 0.15) is 45.7 Å². The molecule has 1 saturated heterocycles. The van der Waals surface area contributed by atoms with Gasteiger partial charge in [-0.1, -0.05) is 47.5 Å². The Balaban J connectivity index is 1.38. The highest BCUT2D eigenvalue weighted by Gasteiger charge is 2.40. The Labute approximate surface area is 203 Å². The number of nitrogens with zero attached hydrogens (tertiary/aromatic N) is 3. The van der Waals surface area contributed by atoms with Crippen LogP contribution in [0.2, 0.25) is 10.0 Å². The van der Waals surface area contributed by atoms with Crippen LogP contribution in [-0.2, 0) is 19.4 Å². The average Bonchev–Trinajstić information content (AvgIpc) is 3.18. The molecule has 1 aliphatic carbocycles. The van der Waals surface area contributed by atoms with E-state index in [1.165, 1.54) is 11.1 Å². The number of anilines is 1. The van der Waals surface area contributed by atoms with Gasteiger partial charge in [0.1, 0.15) is 12.0 Å². The maximum Gasteiger partial charge on any atom is 0.153 e. The summed E-state index contributed by atoms with van der Waals surface area (Å²) in [7, 11) is 0. The molecule has 0 bridgehead atoms. The molecule has 170 valence electrons. The number of aryl methyl sites for hydroxylation is 1. The van der Waals surface area contributed by atoms with E-state index in [2.05, 4.69) is 11.0 Å². The van der Waals surface area contributed by atoms with Crippen molar-refractivity contribution in [2.24, 2.45) is 5.41 Å². The van der Waals surface area contributed by atoms with E-state index >= 15 is 0 Å². The van der Waals surface area contributed by atoms with Crippen LogP contribution in [0.5, 0.6) is 0 Å². The summed E-state index contributed by atoms with van der Waals surface area (Å²) in [6.07, 6.45) is 5.06. The summed E-state index contributed by atoms with van der Waals surface area (Å²) in [6.45, 7) is 3.42. The van der Waals surface area contributed by atoms with Gasteiger partial charge >= 0.3 is 0 Å². The van der Waals surface area contributed by atoms with Gasteiger partial charge in [-0.3, -0.25) is 4.79 Å². The lowest BCUT2D eigenvalue weighted by Gasteiger charge is -2.40. The molecule has 0 unspecified atom stereocenters. The van der Waals surface area contributed by atoms with Crippen molar-refractivity contribution in [1.82, 2.24) is 9.97 Å². The van der Waals surface area contributed by atoms with Gasteiger partial charge in [0.15, 0.2) is 5.82 Å². The highest BCUT2D eigenvalue weighted by Crippen LogP contribution is 2.45. The predicted molar refractivity (Wildman–Crippen MR) is 131 cm³/mol. The third-order valence-corrected chi connectivity index (χ3v) is 7.92. The summed E-state index contributed by atoms with van der Waals surface area (Å²) in [4.78, 5) is 23.0. The normalized spacial score (nSPS) is 16.8. The van der Waals surface area contributed by atoms with Crippen LogP contribution in [0.3, 0.4) is 0 Å². The van der Waals surface area contributed by atoms with Crippen LogP contribution in [0.4, 0.5) is 5.82 Å². The number of aliphatic hydroxyl groups excluding tert-OH is 1. The zero-order chi connectivity index (χ0) is 23.2. The molecule has 1 fully saturated rings. The number of hydrogen-bond donors (Lipinski definition) is 1. The van der Waals surface area contributed by atoms with Gasteiger partial charge in [0, 0.05) is 24.2 Å². The fraction of sp³-hybridized carbons (Fsp3) is 0.346. The first-order valence-electron chi connectivity index (χ1n) is 11.2. The molecule has 7 heteroatoms. The van der Waals surface area contributed by atoms with E-state index in [4.69, 9.17) is 33.2 Å². The minimum Gasteiger partial charge on any atom is -0.390 e. The second-order valence-corrected chi connectivity index (χ2v) is 9.96. The molecule has 5 nitrogen and oxygen atoms in total. The maximum absolute atomic E-state index is 11.2. The maximum atomic E-state index is 11.2. The molecule has 2 heterocycles. The van der Waals surface area contributed by atoms with E-state index in [0.717, 1.165) is 62.1 Å². The number of fused-ring (bicyclic) bond motifs is 1. The SMILES string of the molecule is Cc1nc(N2CCC3(CC2)Cc2ccc(C=O)cc2C3)c(CO)nc1-c1cccc(Cl)c1Cl. The second kappa shape index (κ2) is 8.71. The minimum absolute atomic E-state index is 0.199. The topological polar surface area (TPSA) is 66.3 Å². The van der Waals surface area contributed by atoms with E-state index in [1.807, 2.05) is 31.2 Å². The van der Waals surface area contributed by atoms with Crippen molar-refractivity contribution < 1.29 is 9.90 Å². The molecular weight excluding hydrogens is 457 g/mol. The number of halogens is 2. The number of aliphatic hydroxyl groups is 1. The first-order chi connectivity index (χ1) is 15.9. The minimum atomic E-state index is -0.199. The number of carbonyl (C=O) groups excluding carboxylic acids is 1. The van der Waals surface area contributed by atoms with Gasteiger partial charge < -0.3 is 10.0 Å². The number of carbonyl (C=O) groups is 1. The molecule has 0 saturated carbocycles. The Morgan fingerprint density at radius 1 is 1.09 bits per heavy atom. The molecule has 3 aromatic rings. The highest BCUT2D eigenvalue weighted by molar-refractivity contribution is 6.43. The number of aldehydes is 1. The fourth-order valence-corrected chi connectivity index (χ4v) is 5.71. The Morgan fingerprint density at radius 2 is 1.85 bits per heavy atom. The van der Waals surface area contributed by atoms with Gasteiger partial charge in [0.25, 0.3) is 0 Å². The van der Waals surface area contributed by atoms with Crippen molar-refractivity contribution >= 4 is 35.3 Å². The van der Waals surface area contributed by atoms with E-state index in [0.29, 0.717) is 27.0 Å². The van der Waals surface area contributed by atoms with Gasteiger partial charge in [-0.2, -0.15) is 0 Å². The van der Waals surface area contributed by atoms with Crippen LogP contribution in [0.15, 0.2) is 36.4 Å². The summed E-state index contributed by atoms with van der Waals surface area (Å²) in [6, 6.07) is 11.5. The molecule has 0 radical (unpaired) electrons. The molecule has 2 aromatic carbocycles. The van der Waals surface area contributed by atoms with Gasteiger partial charge in [0.2, 0.25) is 0 Å². The molecule has 2 aliphatic rings. The Hall–Kier alpha value is -2.47. The van der Waals surface area contributed by atoms with Gasteiger partial charge in [-0.25, -0.2) is 9.97 Å². The molecule has 33 heavy (non-hydrogen) atoms. The predicted octanol–water partition coefficient (Wildman–Crippen LogP) is 5.45. The van der Waals surface area contributed by atoms with E-state index in [-0.39, 0.29) is 12.0 Å². The molecule has 1 N–H and O–H groups in total. The summed E-state index contributed by atoms with van der Waals surface area (Å²) >= 11 is 12.6. The van der Waals surface area contributed by atoms with Gasteiger partial charge in [-0.15, -0.1) is 0 Å². The lowest BCUT2D eigenvalue weighted by atomic mass is 9.76. The highest BCUT2D eigenvalue weighted by atomic mass is 35.5. The van der Waals surface area contributed by atoms with E-state index in [1.54, 1.807) is 6.07 Å².